The zero-order valence-electron chi connectivity index (χ0n) is 15.5. The van der Waals surface area contributed by atoms with Crippen LogP contribution in [0.15, 0.2) is 24.3 Å². The van der Waals surface area contributed by atoms with Gasteiger partial charge in [-0.05, 0) is 51.2 Å². The number of hydrogen-bond donors (Lipinski definition) is 2. The van der Waals surface area contributed by atoms with Gasteiger partial charge in [0.1, 0.15) is 0 Å². The molecule has 0 aliphatic heterocycles. The summed E-state index contributed by atoms with van der Waals surface area (Å²) in [7, 11) is 0. The Hall–Kier alpha value is -2.14. The predicted molar refractivity (Wildman–Crippen MR) is 98.1 cm³/mol. The molecule has 25 heavy (non-hydrogen) atoms. The second-order valence-corrected chi connectivity index (χ2v) is 7.57. The van der Waals surface area contributed by atoms with E-state index in [0.29, 0.717) is 5.69 Å². The molecule has 0 bridgehead atoms. The maximum absolute atomic E-state index is 12.7. The van der Waals surface area contributed by atoms with E-state index in [-0.39, 0.29) is 18.4 Å². The molecule has 0 fully saturated rings. The van der Waals surface area contributed by atoms with Crippen LogP contribution in [0.25, 0.3) is 5.69 Å². The van der Waals surface area contributed by atoms with Crippen LogP contribution in [-0.2, 0) is 12.8 Å². The van der Waals surface area contributed by atoms with E-state index >= 15 is 0 Å². The van der Waals surface area contributed by atoms with Gasteiger partial charge in [-0.3, -0.25) is 4.79 Å². The summed E-state index contributed by atoms with van der Waals surface area (Å²) in [6.45, 7) is 7.89. The van der Waals surface area contributed by atoms with E-state index in [1.54, 1.807) is 6.92 Å². The van der Waals surface area contributed by atoms with E-state index in [2.05, 4.69) is 29.5 Å². The van der Waals surface area contributed by atoms with Crippen LogP contribution in [0, 0.1) is 12.8 Å². The van der Waals surface area contributed by atoms with Crippen molar-refractivity contribution in [2.75, 3.05) is 6.54 Å². The number of hydrogen-bond acceptors (Lipinski definition) is 3. The number of carbonyl (C=O) groups is 1. The van der Waals surface area contributed by atoms with Gasteiger partial charge in [0.15, 0.2) is 5.69 Å². The van der Waals surface area contributed by atoms with Gasteiger partial charge in [0.05, 0.1) is 11.3 Å². The molecule has 0 radical (unpaired) electrons. The summed E-state index contributed by atoms with van der Waals surface area (Å²) in [5.74, 6) is -0.145. The lowest BCUT2D eigenvalue weighted by molar-refractivity contribution is 0.0141. The van der Waals surface area contributed by atoms with E-state index in [4.69, 9.17) is 0 Å². The molecule has 5 heteroatoms. The summed E-state index contributed by atoms with van der Waals surface area (Å²) in [4.78, 5) is 12.7. The Kier molecular flexibility index (Phi) is 4.69. The molecule has 0 spiro atoms. The number of aryl methyl sites for hydroxylation is 1. The first-order chi connectivity index (χ1) is 11.8. The number of nitrogens with zero attached hydrogens (tertiary/aromatic N) is 2. The standard InChI is InChI=1S/C20H27N3O2/c1-13(2)20(4,25)12-21-19(24)18-16-6-5-7-17(16)23(22-18)15-10-8-14(3)9-11-15/h8-11,13,25H,5-7,12H2,1-4H3,(H,21,24). The second kappa shape index (κ2) is 6.64. The maximum atomic E-state index is 12.7. The minimum Gasteiger partial charge on any atom is -0.388 e. The molecule has 3 rings (SSSR count). The SMILES string of the molecule is Cc1ccc(-n2nc(C(=O)NCC(C)(O)C(C)C)c3c2CCC3)cc1. The molecule has 5 nitrogen and oxygen atoms in total. The van der Waals surface area contributed by atoms with E-state index in [1.165, 1.54) is 5.56 Å². The quantitative estimate of drug-likeness (QED) is 0.879. The van der Waals surface area contributed by atoms with Crippen molar-refractivity contribution >= 4 is 5.91 Å². The van der Waals surface area contributed by atoms with Crippen LogP contribution in [0.1, 0.15) is 54.5 Å². The first-order valence-electron chi connectivity index (χ1n) is 8.98. The molecule has 0 saturated carbocycles. The molecule has 1 aliphatic rings. The van der Waals surface area contributed by atoms with Crippen molar-refractivity contribution in [1.82, 2.24) is 15.1 Å². The van der Waals surface area contributed by atoms with E-state index in [9.17, 15) is 9.90 Å². The van der Waals surface area contributed by atoms with Crippen LogP contribution in [0.5, 0.6) is 0 Å². The molecule has 0 saturated heterocycles. The van der Waals surface area contributed by atoms with E-state index in [0.717, 1.165) is 36.2 Å². The number of benzene rings is 1. The maximum Gasteiger partial charge on any atom is 0.272 e. The Morgan fingerprint density at radius 2 is 2.00 bits per heavy atom. The second-order valence-electron chi connectivity index (χ2n) is 7.57. The summed E-state index contributed by atoms with van der Waals surface area (Å²) in [5, 5.41) is 17.8. The number of aliphatic hydroxyl groups is 1. The van der Waals surface area contributed by atoms with Gasteiger partial charge in [0.2, 0.25) is 0 Å². The van der Waals surface area contributed by atoms with Crippen LogP contribution in [0.4, 0.5) is 0 Å². The predicted octanol–water partition coefficient (Wildman–Crippen LogP) is 2.81. The molecule has 2 N–H and O–H groups in total. The van der Waals surface area contributed by atoms with Crippen molar-refractivity contribution < 1.29 is 9.90 Å². The fourth-order valence-corrected chi connectivity index (χ4v) is 3.07. The monoisotopic (exact) mass is 341 g/mol. The van der Waals surface area contributed by atoms with Crippen molar-refractivity contribution in [3.8, 4) is 5.69 Å². The Morgan fingerprint density at radius 1 is 1.32 bits per heavy atom. The lowest BCUT2D eigenvalue weighted by Gasteiger charge is -2.27. The van der Waals surface area contributed by atoms with Crippen molar-refractivity contribution in [3.63, 3.8) is 0 Å². The molecule has 1 unspecified atom stereocenters. The van der Waals surface area contributed by atoms with Gasteiger partial charge in [0, 0.05) is 17.8 Å². The number of fused-ring (bicyclic) bond motifs is 1. The number of nitrogens with one attached hydrogen (secondary N) is 1. The Balaban J connectivity index is 1.87. The lowest BCUT2D eigenvalue weighted by atomic mass is 9.92. The highest BCUT2D eigenvalue weighted by molar-refractivity contribution is 5.94. The van der Waals surface area contributed by atoms with Gasteiger partial charge >= 0.3 is 0 Å². The molecule has 1 aromatic heterocycles. The number of aromatic nitrogens is 2. The van der Waals surface area contributed by atoms with Gasteiger partial charge in [-0.15, -0.1) is 0 Å². The zero-order valence-corrected chi connectivity index (χ0v) is 15.5. The third-order valence-electron chi connectivity index (χ3n) is 5.27. The van der Waals surface area contributed by atoms with Crippen molar-refractivity contribution in [2.24, 2.45) is 5.92 Å². The van der Waals surface area contributed by atoms with Gasteiger partial charge in [-0.25, -0.2) is 4.68 Å². The fraction of sp³-hybridized carbons (Fsp3) is 0.500. The Bertz CT molecular complexity index is 773. The minimum atomic E-state index is -0.932. The third kappa shape index (κ3) is 3.47. The van der Waals surface area contributed by atoms with E-state index in [1.807, 2.05) is 30.7 Å². The number of rotatable bonds is 5. The van der Waals surface area contributed by atoms with Crippen molar-refractivity contribution in [2.45, 2.75) is 52.6 Å². The molecule has 1 amide bonds. The molecule has 1 aromatic carbocycles. The van der Waals surface area contributed by atoms with E-state index < -0.39 is 5.60 Å². The average Bonchev–Trinajstić information content (AvgIpc) is 3.16. The van der Waals surface area contributed by atoms with Crippen molar-refractivity contribution in [3.05, 3.63) is 46.8 Å². The zero-order chi connectivity index (χ0) is 18.2. The van der Waals surface area contributed by atoms with Crippen LogP contribution in [0.3, 0.4) is 0 Å². The van der Waals surface area contributed by atoms with Gasteiger partial charge in [-0.2, -0.15) is 5.10 Å². The first kappa shape index (κ1) is 17.7. The normalized spacial score (nSPS) is 15.9. The van der Waals surface area contributed by atoms with Crippen LogP contribution in [-0.4, -0.2) is 32.9 Å². The first-order valence-corrected chi connectivity index (χ1v) is 8.98. The summed E-state index contributed by atoms with van der Waals surface area (Å²) >= 11 is 0. The highest BCUT2D eigenvalue weighted by atomic mass is 16.3. The summed E-state index contributed by atoms with van der Waals surface area (Å²) in [6.07, 6.45) is 2.86. The van der Waals surface area contributed by atoms with Gasteiger partial charge in [-0.1, -0.05) is 31.5 Å². The molecule has 1 heterocycles. The molecular weight excluding hydrogens is 314 g/mol. The van der Waals surface area contributed by atoms with Crippen LogP contribution < -0.4 is 5.32 Å². The topological polar surface area (TPSA) is 67.2 Å². The van der Waals surface area contributed by atoms with Gasteiger partial charge in [0.25, 0.3) is 5.91 Å². The third-order valence-corrected chi connectivity index (χ3v) is 5.27. The molecule has 2 aromatic rings. The van der Waals surface area contributed by atoms with Crippen LogP contribution >= 0.6 is 0 Å². The Morgan fingerprint density at radius 3 is 2.64 bits per heavy atom. The number of carbonyl (C=O) groups excluding carboxylic acids is 1. The largest absolute Gasteiger partial charge is 0.388 e. The van der Waals surface area contributed by atoms with Crippen LogP contribution in [0.2, 0.25) is 0 Å². The highest BCUT2D eigenvalue weighted by Crippen LogP contribution is 2.28. The average molecular weight is 341 g/mol. The van der Waals surface area contributed by atoms with Gasteiger partial charge < -0.3 is 10.4 Å². The molecule has 134 valence electrons. The Labute approximate surface area is 149 Å². The minimum absolute atomic E-state index is 0.0589. The number of amides is 1. The smallest absolute Gasteiger partial charge is 0.272 e. The summed E-state index contributed by atoms with van der Waals surface area (Å²) in [6, 6.07) is 8.17. The molecular formula is C20H27N3O2. The molecule has 1 aliphatic carbocycles. The molecule has 1 atom stereocenters. The highest BCUT2D eigenvalue weighted by Gasteiger charge is 2.29. The van der Waals surface area contributed by atoms with Crippen molar-refractivity contribution in [1.29, 1.82) is 0 Å². The lowest BCUT2D eigenvalue weighted by Crippen LogP contribution is -2.44. The summed E-state index contributed by atoms with van der Waals surface area (Å²) in [5.41, 5.74) is 3.91. The summed E-state index contributed by atoms with van der Waals surface area (Å²) < 4.78 is 1.90. The fourth-order valence-electron chi connectivity index (χ4n) is 3.07.